The molecule has 5 rings (SSSR count). The van der Waals surface area contributed by atoms with Gasteiger partial charge < -0.3 is 5.32 Å². The van der Waals surface area contributed by atoms with Gasteiger partial charge in [-0.05, 0) is 55.3 Å². The normalized spacial score (nSPS) is 13.7. The molecule has 0 aliphatic heterocycles. The lowest BCUT2D eigenvalue weighted by Gasteiger charge is -2.12. The van der Waals surface area contributed by atoms with Gasteiger partial charge >= 0.3 is 0 Å². The lowest BCUT2D eigenvalue weighted by Crippen LogP contribution is -2.16. The van der Waals surface area contributed by atoms with E-state index in [0.29, 0.717) is 46.0 Å². The number of hydrogen-bond acceptors (Lipinski definition) is 7. The molecule has 7 nitrogen and oxygen atoms in total. The summed E-state index contributed by atoms with van der Waals surface area (Å²) in [7, 11) is -4.62. The fourth-order valence-corrected chi connectivity index (χ4v) is 5.76. The highest BCUT2D eigenvalue weighted by Crippen LogP contribution is 2.40. The first-order chi connectivity index (χ1) is 17.6. The van der Waals surface area contributed by atoms with Crippen LogP contribution in [-0.4, -0.2) is 29.4 Å². The third-order valence-corrected chi connectivity index (χ3v) is 8.36. The van der Waals surface area contributed by atoms with Crippen molar-refractivity contribution in [3.63, 3.8) is 0 Å². The zero-order valence-electron chi connectivity index (χ0n) is 19.8. The summed E-state index contributed by atoms with van der Waals surface area (Å²) in [5.74, 6) is -2.39. The van der Waals surface area contributed by atoms with E-state index in [-0.39, 0.29) is 5.92 Å². The van der Waals surface area contributed by atoms with Crippen LogP contribution in [0.2, 0.25) is 0 Å². The maximum Gasteiger partial charge on any atom is 0.265 e. The molecule has 2 heterocycles. The Kier molecular flexibility index (Phi) is 6.63. The third kappa shape index (κ3) is 5.44. The third-order valence-electron chi connectivity index (χ3n) is 5.60. The Morgan fingerprint density at radius 2 is 1.76 bits per heavy atom. The fourth-order valence-electron chi connectivity index (χ4n) is 3.55. The Bertz CT molecular complexity index is 1590. The zero-order chi connectivity index (χ0) is 26.3. The van der Waals surface area contributed by atoms with Crippen LogP contribution >= 0.6 is 11.3 Å². The quantitative estimate of drug-likeness (QED) is 0.274. The molecule has 1 saturated carbocycles. The summed E-state index contributed by atoms with van der Waals surface area (Å²) >= 11 is 1.43. The standard InChI is InChI=1S/C25H22F3N5O2S2/c1-13(2)24-32-22(23(36-24)19-9-10-29-25(31-19)30-16-5-6-16)14-3-7-17(27)20(11-14)33-37(34,35)21-12-15(26)4-8-18(21)28/h3-4,7-13,16,33H,5-6H2,1-2H3,(H,29,30,31). The lowest BCUT2D eigenvalue weighted by atomic mass is 10.1. The van der Waals surface area contributed by atoms with Crippen molar-refractivity contribution in [1.29, 1.82) is 0 Å². The van der Waals surface area contributed by atoms with Crippen molar-refractivity contribution in [1.82, 2.24) is 15.0 Å². The number of sulfonamides is 1. The molecule has 0 radical (unpaired) electrons. The first kappa shape index (κ1) is 25.2. The molecule has 0 spiro atoms. The number of halogens is 3. The smallest absolute Gasteiger partial charge is 0.265 e. The van der Waals surface area contributed by atoms with Crippen molar-refractivity contribution in [3.05, 3.63) is 71.1 Å². The van der Waals surface area contributed by atoms with E-state index in [1.165, 1.54) is 23.5 Å². The summed E-state index contributed by atoms with van der Waals surface area (Å²) in [6.45, 7) is 3.98. The monoisotopic (exact) mass is 545 g/mol. The SMILES string of the molecule is CC(C)c1nc(-c2ccc(F)c(NS(=O)(=O)c3cc(F)ccc3F)c2)c(-c2ccnc(NC3CC3)n2)s1. The van der Waals surface area contributed by atoms with Gasteiger partial charge in [0.25, 0.3) is 10.0 Å². The first-order valence-corrected chi connectivity index (χ1v) is 13.8. The van der Waals surface area contributed by atoms with E-state index in [1.807, 2.05) is 18.6 Å². The van der Waals surface area contributed by atoms with Gasteiger partial charge in [-0.15, -0.1) is 11.3 Å². The topological polar surface area (TPSA) is 96.9 Å². The summed E-state index contributed by atoms with van der Waals surface area (Å²) in [5, 5.41) is 4.07. The van der Waals surface area contributed by atoms with Crippen LogP contribution < -0.4 is 10.0 Å². The molecule has 1 fully saturated rings. The first-order valence-electron chi connectivity index (χ1n) is 11.5. The number of hydrogen-bond donors (Lipinski definition) is 2. The molecule has 0 unspecified atom stereocenters. The van der Waals surface area contributed by atoms with Gasteiger partial charge in [0.2, 0.25) is 5.95 Å². The van der Waals surface area contributed by atoms with Crippen LogP contribution in [0.4, 0.5) is 24.8 Å². The minimum Gasteiger partial charge on any atom is -0.351 e. The Hall–Kier alpha value is -3.51. The van der Waals surface area contributed by atoms with E-state index in [2.05, 4.69) is 15.3 Å². The summed E-state index contributed by atoms with van der Waals surface area (Å²) < 4.78 is 70.0. The van der Waals surface area contributed by atoms with Crippen molar-refractivity contribution in [3.8, 4) is 21.8 Å². The van der Waals surface area contributed by atoms with Gasteiger partial charge in [0.15, 0.2) is 0 Å². The Labute approximate surface area is 215 Å². The van der Waals surface area contributed by atoms with Gasteiger partial charge in [-0.3, -0.25) is 4.72 Å². The summed E-state index contributed by atoms with van der Waals surface area (Å²) in [6, 6.07) is 7.98. The van der Waals surface area contributed by atoms with Crippen molar-refractivity contribution >= 4 is 33.0 Å². The highest BCUT2D eigenvalue weighted by molar-refractivity contribution is 7.92. The van der Waals surface area contributed by atoms with Crippen molar-refractivity contribution < 1.29 is 21.6 Å². The van der Waals surface area contributed by atoms with Crippen LogP contribution in [0.15, 0.2) is 53.6 Å². The van der Waals surface area contributed by atoms with Crippen molar-refractivity contribution in [2.75, 3.05) is 10.0 Å². The number of nitrogens with zero attached hydrogens (tertiary/aromatic N) is 3. The fraction of sp³-hybridized carbons (Fsp3) is 0.240. The number of nitrogens with one attached hydrogen (secondary N) is 2. The number of aromatic nitrogens is 3. The van der Waals surface area contributed by atoms with E-state index < -0.39 is 38.1 Å². The van der Waals surface area contributed by atoms with E-state index in [1.54, 1.807) is 12.3 Å². The molecule has 37 heavy (non-hydrogen) atoms. The molecule has 0 saturated heterocycles. The Morgan fingerprint density at radius 1 is 1.00 bits per heavy atom. The van der Waals surface area contributed by atoms with Crippen LogP contribution in [0.1, 0.15) is 37.6 Å². The van der Waals surface area contributed by atoms with Gasteiger partial charge in [-0.1, -0.05) is 13.8 Å². The average molecular weight is 546 g/mol. The molecule has 0 amide bonds. The van der Waals surface area contributed by atoms with Gasteiger partial charge in [0.05, 0.1) is 27.0 Å². The van der Waals surface area contributed by atoms with Gasteiger partial charge in [-0.2, -0.15) is 0 Å². The molecule has 1 aliphatic rings. The van der Waals surface area contributed by atoms with Crippen LogP contribution in [0.5, 0.6) is 0 Å². The van der Waals surface area contributed by atoms with Gasteiger partial charge in [0, 0.05) is 23.7 Å². The molecule has 2 aromatic heterocycles. The molecule has 0 bridgehead atoms. The molecular weight excluding hydrogens is 523 g/mol. The minimum absolute atomic E-state index is 0.0952. The van der Waals surface area contributed by atoms with E-state index >= 15 is 0 Å². The Morgan fingerprint density at radius 3 is 2.49 bits per heavy atom. The second-order valence-corrected chi connectivity index (χ2v) is 11.6. The maximum absolute atomic E-state index is 14.7. The van der Waals surface area contributed by atoms with E-state index in [4.69, 9.17) is 4.98 Å². The predicted octanol–water partition coefficient (Wildman–Crippen LogP) is 6.18. The molecule has 0 atom stereocenters. The van der Waals surface area contributed by atoms with Crippen molar-refractivity contribution in [2.24, 2.45) is 0 Å². The molecule has 2 aromatic carbocycles. The van der Waals surface area contributed by atoms with Crippen LogP contribution in [-0.2, 0) is 10.0 Å². The number of rotatable bonds is 8. The molecule has 12 heteroatoms. The van der Waals surface area contributed by atoms with Crippen LogP contribution in [0.3, 0.4) is 0 Å². The highest BCUT2D eigenvalue weighted by Gasteiger charge is 2.25. The molecule has 1 aliphatic carbocycles. The Balaban J connectivity index is 1.55. The second kappa shape index (κ2) is 9.75. The largest absolute Gasteiger partial charge is 0.351 e. The van der Waals surface area contributed by atoms with Gasteiger partial charge in [0.1, 0.15) is 22.3 Å². The van der Waals surface area contributed by atoms with E-state index in [9.17, 15) is 21.6 Å². The number of anilines is 2. The molecule has 2 N–H and O–H groups in total. The lowest BCUT2D eigenvalue weighted by molar-refractivity contribution is 0.555. The highest BCUT2D eigenvalue weighted by atomic mass is 32.2. The molecule has 192 valence electrons. The van der Waals surface area contributed by atoms with E-state index in [0.717, 1.165) is 30.0 Å². The number of benzene rings is 2. The molecular formula is C25H22F3N5O2S2. The van der Waals surface area contributed by atoms with Crippen LogP contribution in [0, 0.1) is 17.5 Å². The molecule has 4 aromatic rings. The summed E-state index contributed by atoms with van der Waals surface area (Å²) in [5.41, 5.74) is 1.10. The van der Waals surface area contributed by atoms with Gasteiger partial charge in [-0.25, -0.2) is 36.5 Å². The van der Waals surface area contributed by atoms with Crippen LogP contribution in [0.25, 0.3) is 21.8 Å². The summed E-state index contributed by atoms with van der Waals surface area (Å²) in [6.07, 6.45) is 3.76. The van der Waals surface area contributed by atoms with Crippen molar-refractivity contribution in [2.45, 2.75) is 43.5 Å². The minimum atomic E-state index is -4.62. The second-order valence-electron chi connectivity index (χ2n) is 8.94. The zero-order valence-corrected chi connectivity index (χ0v) is 21.4. The predicted molar refractivity (Wildman–Crippen MR) is 136 cm³/mol. The summed E-state index contributed by atoms with van der Waals surface area (Å²) in [4.78, 5) is 13.4. The number of thiazole rings is 1. The average Bonchev–Trinajstić information content (AvgIpc) is 3.55. The maximum atomic E-state index is 14.7.